The molecule has 3 N–H and O–H groups in total. The lowest BCUT2D eigenvalue weighted by Gasteiger charge is -2.39. The summed E-state index contributed by atoms with van der Waals surface area (Å²) in [5.41, 5.74) is 5.26. The van der Waals surface area contributed by atoms with Gasteiger partial charge in [-0.25, -0.2) is 0 Å². The number of carbonyl (C=O) groups excluding carboxylic acids is 2. The molecule has 1 atom stereocenters. The fourth-order valence-corrected chi connectivity index (χ4v) is 2.40. The van der Waals surface area contributed by atoms with Crippen LogP contribution in [-0.4, -0.2) is 42.9 Å². The van der Waals surface area contributed by atoms with Crippen molar-refractivity contribution in [3.63, 3.8) is 0 Å². The predicted molar refractivity (Wildman–Crippen MR) is 59.5 cm³/mol. The summed E-state index contributed by atoms with van der Waals surface area (Å²) in [5, 5.41) is 2.84. The SMILES string of the molecule is CN1CCC(NC(=O)C2(CN)CCC2)C1=O. The number of carbonyl (C=O) groups is 2. The fourth-order valence-electron chi connectivity index (χ4n) is 2.40. The summed E-state index contributed by atoms with van der Waals surface area (Å²) < 4.78 is 0. The molecule has 1 unspecified atom stereocenters. The second-order valence-corrected chi connectivity index (χ2v) is 4.91. The Morgan fingerprint density at radius 3 is 2.69 bits per heavy atom. The van der Waals surface area contributed by atoms with Gasteiger partial charge in [0.2, 0.25) is 11.8 Å². The first-order valence-corrected chi connectivity index (χ1v) is 5.85. The van der Waals surface area contributed by atoms with Crippen LogP contribution in [0.15, 0.2) is 0 Å². The minimum absolute atomic E-state index is 0.0137. The number of hydrogen-bond donors (Lipinski definition) is 2. The minimum atomic E-state index is -0.387. The summed E-state index contributed by atoms with van der Waals surface area (Å²) in [4.78, 5) is 25.3. The number of nitrogens with one attached hydrogen (secondary N) is 1. The lowest BCUT2D eigenvalue weighted by molar-refractivity contribution is -0.139. The smallest absolute Gasteiger partial charge is 0.244 e. The van der Waals surface area contributed by atoms with Crippen molar-refractivity contribution in [3.8, 4) is 0 Å². The van der Waals surface area contributed by atoms with Gasteiger partial charge in [0, 0.05) is 20.1 Å². The molecule has 1 aliphatic carbocycles. The van der Waals surface area contributed by atoms with Crippen molar-refractivity contribution in [1.29, 1.82) is 0 Å². The molecular formula is C11H19N3O2. The number of rotatable bonds is 3. The van der Waals surface area contributed by atoms with Crippen molar-refractivity contribution >= 4 is 11.8 Å². The van der Waals surface area contributed by atoms with Crippen molar-refractivity contribution in [3.05, 3.63) is 0 Å². The predicted octanol–water partition coefficient (Wildman–Crippen LogP) is -0.538. The van der Waals surface area contributed by atoms with E-state index in [1.54, 1.807) is 11.9 Å². The van der Waals surface area contributed by atoms with E-state index in [4.69, 9.17) is 5.73 Å². The average molecular weight is 225 g/mol. The highest BCUT2D eigenvalue weighted by Gasteiger charge is 2.44. The molecule has 16 heavy (non-hydrogen) atoms. The van der Waals surface area contributed by atoms with Gasteiger partial charge in [0.25, 0.3) is 0 Å². The first kappa shape index (κ1) is 11.4. The molecule has 0 bridgehead atoms. The molecule has 2 aliphatic rings. The van der Waals surface area contributed by atoms with Crippen LogP contribution in [-0.2, 0) is 9.59 Å². The molecule has 0 aromatic heterocycles. The topological polar surface area (TPSA) is 75.4 Å². The van der Waals surface area contributed by atoms with Gasteiger partial charge in [0.1, 0.15) is 6.04 Å². The Morgan fingerprint density at radius 1 is 1.62 bits per heavy atom. The van der Waals surface area contributed by atoms with Crippen LogP contribution >= 0.6 is 0 Å². The molecule has 0 radical (unpaired) electrons. The molecule has 0 spiro atoms. The zero-order chi connectivity index (χ0) is 11.8. The Hall–Kier alpha value is -1.10. The van der Waals surface area contributed by atoms with E-state index >= 15 is 0 Å². The highest BCUT2D eigenvalue weighted by atomic mass is 16.2. The van der Waals surface area contributed by atoms with Gasteiger partial charge in [0.15, 0.2) is 0 Å². The van der Waals surface area contributed by atoms with Crippen LogP contribution < -0.4 is 11.1 Å². The first-order chi connectivity index (χ1) is 7.59. The third kappa shape index (κ3) is 1.69. The maximum absolute atomic E-state index is 12.0. The van der Waals surface area contributed by atoms with Gasteiger partial charge in [-0.3, -0.25) is 9.59 Å². The normalized spacial score (nSPS) is 27.8. The van der Waals surface area contributed by atoms with Crippen LogP contribution in [0.2, 0.25) is 0 Å². The Labute approximate surface area is 95.3 Å². The Kier molecular flexibility index (Phi) is 2.88. The molecule has 1 saturated carbocycles. The van der Waals surface area contributed by atoms with Crippen LogP contribution in [0.25, 0.3) is 0 Å². The Bertz CT molecular complexity index is 307. The molecular weight excluding hydrogens is 206 g/mol. The molecule has 1 heterocycles. The number of hydrogen-bond acceptors (Lipinski definition) is 3. The van der Waals surface area contributed by atoms with E-state index in [1.165, 1.54) is 0 Å². The van der Waals surface area contributed by atoms with Crippen LogP contribution in [0.1, 0.15) is 25.7 Å². The van der Waals surface area contributed by atoms with E-state index in [1.807, 2.05) is 0 Å². The van der Waals surface area contributed by atoms with Crippen LogP contribution in [0.4, 0.5) is 0 Å². The highest BCUT2D eigenvalue weighted by Crippen LogP contribution is 2.40. The number of nitrogens with zero attached hydrogens (tertiary/aromatic N) is 1. The summed E-state index contributed by atoms with van der Waals surface area (Å²) in [6, 6.07) is -0.332. The molecule has 90 valence electrons. The second-order valence-electron chi connectivity index (χ2n) is 4.91. The van der Waals surface area contributed by atoms with Gasteiger partial charge in [0.05, 0.1) is 5.41 Å². The van der Waals surface area contributed by atoms with Crippen molar-refractivity contribution in [1.82, 2.24) is 10.2 Å². The maximum atomic E-state index is 12.0. The third-order valence-electron chi connectivity index (χ3n) is 3.92. The zero-order valence-electron chi connectivity index (χ0n) is 9.66. The van der Waals surface area contributed by atoms with Crippen molar-refractivity contribution < 1.29 is 9.59 Å². The standard InChI is InChI=1S/C11H19N3O2/c1-14-6-3-8(9(14)15)13-10(16)11(7-12)4-2-5-11/h8H,2-7,12H2,1H3,(H,13,16). The first-order valence-electron chi connectivity index (χ1n) is 5.85. The number of likely N-dealkylation sites (tertiary alicyclic amines) is 1. The molecule has 1 saturated heterocycles. The van der Waals surface area contributed by atoms with E-state index < -0.39 is 0 Å². The third-order valence-corrected chi connectivity index (χ3v) is 3.92. The van der Waals surface area contributed by atoms with Gasteiger partial charge >= 0.3 is 0 Å². The minimum Gasteiger partial charge on any atom is -0.344 e. The van der Waals surface area contributed by atoms with E-state index in [0.717, 1.165) is 25.8 Å². The van der Waals surface area contributed by atoms with Gasteiger partial charge in [-0.05, 0) is 19.3 Å². The molecule has 2 amide bonds. The molecule has 0 aromatic rings. The summed E-state index contributed by atoms with van der Waals surface area (Å²) in [5.74, 6) is -0.0188. The monoisotopic (exact) mass is 225 g/mol. The van der Waals surface area contributed by atoms with Crippen molar-refractivity contribution in [2.45, 2.75) is 31.7 Å². The van der Waals surface area contributed by atoms with Crippen LogP contribution in [0, 0.1) is 5.41 Å². The van der Waals surface area contributed by atoms with Crippen LogP contribution in [0.3, 0.4) is 0 Å². The Balaban J connectivity index is 1.95. The Morgan fingerprint density at radius 2 is 2.31 bits per heavy atom. The van der Waals surface area contributed by atoms with Crippen molar-refractivity contribution in [2.24, 2.45) is 11.1 Å². The molecule has 5 heteroatoms. The van der Waals surface area contributed by atoms with Crippen LogP contribution in [0.5, 0.6) is 0 Å². The fraction of sp³-hybridized carbons (Fsp3) is 0.818. The van der Waals surface area contributed by atoms with Gasteiger partial charge in [-0.2, -0.15) is 0 Å². The summed E-state index contributed by atoms with van der Waals surface area (Å²) in [6.07, 6.45) is 3.48. The number of nitrogens with two attached hydrogens (primary N) is 1. The highest BCUT2D eigenvalue weighted by molar-refractivity contribution is 5.91. The summed E-state index contributed by atoms with van der Waals surface area (Å²) in [7, 11) is 1.76. The van der Waals surface area contributed by atoms with Gasteiger partial charge in [-0.1, -0.05) is 6.42 Å². The van der Waals surface area contributed by atoms with E-state index in [0.29, 0.717) is 13.0 Å². The number of amides is 2. The van der Waals surface area contributed by atoms with E-state index in [9.17, 15) is 9.59 Å². The maximum Gasteiger partial charge on any atom is 0.244 e. The lowest BCUT2D eigenvalue weighted by Crippen LogP contribution is -2.54. The lowest BCUT2D eigenvalue weighted by atomic mass is 9.68. The average Bonchev–Trinajstić information content (AvgIpc) is 2.49. The second kappa shape index (κ2) is 4.05. The molecule has 2 rings (SSSR count). The summed E-state index contributed by atoms with van der Waals surface area (Å²) in [6.45, 7) is 1.11. The van der Waals surface area contributed by atoms with Gasteiger partial charge in [-0.15, -0.1) is 0 Å². The quantitative estimate of drug-likeness (QED) is 0.677. The largest absolute Gasteiger partial charge is 0.344 e. The summed E-state index contributed by atoms with van der Waals surface area (Å²) >= 11 is 0. The molecule has 0 aromatic carbocycles. The molecule has 2 fully saturated rings. The van der Waals surface area contributed by atoms with Crippen molar-refractivity contribution in [2.75, 3.05) is 20.1 Å². The number of likely N-dealkylation sites (N-methyl/N-ethyl adjacent to an activating group) is 1. The van der Waals surface area contributed by atoms with Gasteiger partial charge < -0.3 is 16.0 Å². The van der Waals surface area contributed by atoms with E-state index in [2.05, 4.69) is 5.32 Å². The molecule has 1 aliphatic heterocycles. The van der Waals surface area contributed by atoms with E-state index in [-0.39, 0.29) is 23.3 Å². The molecule has 5 nitrogen and oxygen atoms in total. The zero-order valence-corrected chi connectivity index (χ0v) is 9.66.